The summed E-state index contributed by atoms with van der Waals surface area (Å²) in [6.07, 6.45) is 3.44. The number of hydrogen-bond acceptors (Lipinski definition) is 8. The van der Waals surface area contributed by atoms with E-state index in [1.165, 1.54) is 0 Å². The molecule has 31 heavy (non-hydrogen) atoms. The fourth-order valence-corrected chi connectivity index (χ4v) is 3.75. The predicted octanol–water partition coefficient (Wildman–Crippen LogP) is 4.02. The maximum atomic E-state index is 12.3. The Morgan fingerprint density at radius 1 is 1.16 bits per heavy atom. The highest BCUT2D eigenvalue weighted by molar-refractivity contribution is 5.93. The zero-order valence-electron chi connectivity index (χ0n) is 18.6. The van der Waals surface area contributed by atoms with Crippen LogP contribution in [0.1, 0.15) is 62.2 Å². The van der Waals surface area contributed by atoms with E-state index in [-0.39, 0.29) is 11.9 Å². The quantitative estimate of drug-likeness (QED) is 0.608. The monoisotopic (exact) mass is 421 g/mol. The van der Waals surface area contributed by atoms with E-state index in [2.05, 4.69) is 15.3 Å². The van der Waals surface area contributed by atoms with Crippen LogP contribution in [0.4, 0.5) is 11.6 Å². The van der Waals surface area contributed by atoms with Crippen molar-refractivity contribution < 1.29 is 14.3 Å². The minimum Gasteiger partial charge on any atom is -0.481 e. The molecule has 0 aromatic carbocycles. The molecule has 1 aliphatic heterocycles. The molecule has 0 aliphatic carbocycles. The number of esters is 1. The molecule has 0 bridgehead atoms. The molecule has 1 atom stereocenters. The van der Waals surface area contributed by atoms with Crippen LogP contribution < -0.4 is 15.8 Å². The number of carbonyl (C=O) groups excluding carboxylic acids is 1. The smallest absolute Gasteiger partial charge is 0.340 e. The molecule has 0 saturated heterocycles. The number of aromatic nitrogens is 3. The van der Waals surface area contributed by atoms with Gasteiger partial charge in [-0.1, -0.05) is 6.92 Å². The number of anilines is 2. The number of pyridine rings is 3. The largest absolute Gasteiger partial charge is 0.481 e. The van der Waals surface area contributed by atoms with Gasteiger partial charge in [0.2, 0.25) is 5.88 Å². The molecular weight excluding hydrogens is 394 g/mol. The number of nitrogens with two attached hydrogens (primary N) is 1. The first-order chi connectivity index (χ1) is 14.5. The topological polar surface area (TPSA) is 112 Å². The predicted molar refractivity (Wildman–Crippen MR) is 119 cm³/mol. The molecule has 4 rings (SSSR count). The van der Waals surface area contributed by atoms with E-state index in [4.69, 9.17) is 20.2 Å². The van der Waals surface area contributed by atoms with E-state index in [0.29, 0.717) is 28.8 Å². The van der Waals surface area contributed by atoms with Gasteiger partial charge in [-0.15, -0.1) is 0 Å². The van der Waals surface area contributed by atoms with Gasteiger partial charge < -0.3 is 20.5 Å². The molecule has 0 unspecified atom stereocenters. The van der Waals surface area contributed by atoms with Gasteiger partial charge in [0.05, 0.1) is 23.8 Å². The number of cyclic esters (lactones) is 1. The summed E-state index contributed by atoms with van der Waals surface area (Å²) in [4.78, 5) is 25.9. The number of rotatable bonds is 4. The van der Waals surface area contributed by atoms with Gasteiger partial charge in [0.15, 0.2) is 0 Å². The highest BCUT2D eigenvalue weighted by atomic mass is 16.6. The summed E-state index contributed by atoms with van der Waals surface area (Å²) in [6.45, 7) is 9.64. The summed E-state index contributed by atoms with van der Waals surface area (Å²) in [5.41, 5.74) is 7.23. The number of nitrogens with zero attached hydrogens (tertiary/aromatic N) is 3. The normalized spacial score (nSPS) is 17.8. The van der Waals surface area contributed by atoms with Gasteiger partial charge in [-0.25, -0.2) is 19.7 Å². The molecule has 3 N–H and O–H groups in total. The Morgan fingerprint density at radius 2 is 1.90 bits per heavy atom. The van der Waals surface area contributed by atoms with E-state index in [0.717, 1.165) is 16.3 Å². The molecule has 0 saturated carbocycles. The Bertz CT molecular complexity index is 1180. The lowest BCUT2D eigenvalue weighted by atomic mass is 9.84. The first kappa shape index (κ1) is 21.0. The van der Waals surface area contributed by atoms with Crippen LogP contribution >= 0.6 is 0 Å². The van der Waals surface area contributed by atoms with Gasteiger partial charge >= 0.3 is 5.97 Å². The number of nitrogens with one attached hydrogen (secondary N) is 1. The Hall–Kier alpha value is -3.26. The average Bonchev–Trinajstić information content (AvgIpc) is 2.70. The second kappa shape index (κ2) is 7.16. The second-order valence-corrected chi connectivity index (χ2v) is 8.99. The van der Waals surface area contributed by atoms with E-state index in [1.807, 2.05) is 40.7 Å². The van der Waals surface area contributed by atoms with Crippen LogP contribution in [0.15, 0.2) is 30.6 Å². The number of carbonyl (C=O) groups is 1. The van der Waals surface area contributed by atoms with Gasteiger partial charge in [-0.2, -0.15) is 0 Å². The minimum atomic E-state index is -0.623. The summed E-state index contributed by atoms with van der Waals surface area (Å²) in [7, 11) is 1.58. The maximum absolute atomic E-state index is 12.3. The van der Waals surface area contributed by atoms with Crippen molar-refractivity contribution in [1.29, 1.82) is 0 Å². The Morgan fingerprint density at radius 3 is 2.58 bits per heavy atom. The van der Waals surface area contributed by atoms with Crippen molar-refractivity contribution in [1.82, 2.24) is 15.0 Å². The Balaban J connectivity index is 1.76. The summed E-state index contributed by atoms with van der Waals surface area (Å²) < 4.78 is 10.9. The summed E-state index contributed by atoms with van der Waals surface area (Å²) in [6, 6.07) is 5.39. The van der Waals surface area contributed by atoms with E-state index in [9.17, 15) is 4.79 Å². The SMILES string of the molecule is COc1ncc(C(C)(C)N)c2cc(Nc3ccc4c(n3)[C@H](C)C(C)(C)OC4=O)ncc12. The average molecular weight is 422 g/mol. The van der Waals surface area contributed by atoms with Gasteiger partial charge in [-0.3, -0.25) is 0 Å². The van der Waals surface area contributed by atoms with Crippen molar-refractivity contribution in [3.8, 4) is 5.88 Å². The van der Waals surface area contributed by atoms with E-state index < -0.39 is 11.1 Å². The molecular formula is C23H27N5O3. The lowest BCUT2D eigenvalue weighted by molar-refractivity contribution is -0.0189. The van der Waals surface area contributed by atoms with Crippen molar-refractivity contribution >= 4 is 28.4 Å². The number of ether oxygens (including phenoxy) is 2. The van der Waals surface area contributed by atoms with Crippen LogP contribution in [0.5, 0.6) is 5.88 Å². The summed E-state index contributed by atoms with van der Waals surface area (Å²) in [5, 5.41) is 4.92. The van der Waals surface area contributed by atoms with Crippen LogP contribution in [0.25, 0.3) is 10.8 Å². The molecule has 8 heteroatoms. The fraction of sp³-hybridized carbons (Fsp3) is 0.391. The maximum Gasteiger partial charge on any atom is 0.340 e. The van der Waals surface area contributed by atoms with Gasteiger partial charge in [-0.05, 0) is 56.8 Å². The zero-order chi connectivity index (χ0) is 22.6. The summed E-state index contributed by atoms with van der Waals surface area (Å²) in [5.74, 6) is 1.28. The van der Waals surface area contributed by atoms with Crippen molar-refractivity contribution in [2.75, 3.05) is 12.4 Å². The first-order valence-electron chi connectivity index (χ1n) is 10.1. The number of hydrogen-bond donors (Lipinski definition) is 2. The molecule has 8 nitrogen and oxygen atoms in total. The van der Waals surface area contributed by atoms with Crippen LogP contribution in [0.2, 0.25) is 0 Å². The van der Waals surface area contributed by atoms with E-state index in [1.54, 1.807) is 31.6 Å². The molecule has 0 amide bonds. The Labute approximate surface area is 181 Å². The minimum absolute atomic E-state index is 0.0495. The third-order valence-corrected chi connectivity index (χ3v) is 5.83. The molecule has 1 aliphatic rings. The van der Waals surface area contributed by atoms with Crippen LogP contribution in [-0.4, -0.2) is 33.6 Å². The number of fused-ring (bicyclic) bond motifs is 2. The van der Waals surface area contributed by atoms with Crippen molar-refractivity contribution in [3.05, 3.63) is 47.4 Å². The molecule has 3 aromatic rings. The highest BCUT2D eigenvalue weighted by Crippen LogP contribution is 2.38. The van der Waals surface area contributed by atoms with Crippen molar-refractivity contribution in [2.45, 2.75) is 51.7 Å². The van der Waals surface area contributed by atoms with Gasteiger partial charge in [0.1, 0.15) is 17.2 Å². The van der Waals surface area contributed by atoms with Gasteiger partial charge in [0, 0.05) is 23.9 Å². The van der Waals surface area contributed by atoms with Crippen molar-refractivity contribution in [2.24, 2.45) is 5.73 Å². The van der Waals surface area contributed by atoms with Crippen LogP contribution in [-0.2, 0) is 10.3 Å². The third kappa shape index (κ3) is 3.67. The molecule has 0 spiro atoms. The first-order valence-corrected chi connectivity index (χ1v) is 10.1. The lowest BCUT2D eigenvalue weighted by Gasteiger charge is -2.36. The fourth-order valence-electron chi connectivity index (χ4n) is 3.75. The molecule has 4 heterocycles. The zero-order valence-corrected chi connectivity index (χ0v) is 18.6. The van der Waals surface area contributed by atoms with Crippen LogP contribution in [0.3, 0.4) is 0 Å². The summed E-state index contributed by atoms with van der Waals surface area (Å²) >= 11 is 0. The Kier molecular flexibility index (Phi) is 4.85. The second-order valence-electron chi connectivity index (χ2n) is 8.99. The number of methoxy groups -OCH3 is 1. The molecule has 0 fully saturated rings. The molecule has 0 radical (unpaired) electrons. The highest BCUT2D eigenvalue weighted by Gasteiger charge is 2.40. The van der Waals surface area contributed by atoms with Crippen molar-refractivity contribution in [3.63, 3.8) is 0 Å². The standard InChI is InChI=1S/C23H27N5O3/c1-12-19-13(21(29)31-23(12,4)5)7-8-17(28-19)27-18-9-14-15(10-25-18)20(30-6)26-11-16(14)22(2,3)24/h7-12H,24H2,1-6H3,(H,25,27,28)/t12-/m0/s1. The molecule has 162 valence electrons. The van der Waals surface area contributed by atoms with E-state index >= 15 is 0 Å². The van der Waals surface area contributed by atoms with Gasteiger partial charge in [0.25, 0.3) is 0 Å². The third-order valence-electron chi connectivity index (χ3n) is 5.83. The lowest BCUT2D eigenvalue weighted by Crippen LogP contribution is -2.39. The molecule has 3 aromatic heterocycles. The van der Waals surface area contributed by atoms with Crippen LogP contribution in [0, 0.1) is 0 Å².